The normalized spacial score (nSPS) is 14.5. The van der Waals surface area contributed by atoms with Crippen molar-refractivity contribution in [3.63, 3.8) is 0 Å². The molecule has 0 aliphatic heterocycles. The van der Waals surface area contributed by atoms with Crippen molar-refractivity contribution < 1.29 is 19.6 Å². The van der Waals surface area contributed by atoms with E-state index < -0.39 is 23.2 Å². The van der Waals surface area contributed by atoms with Gasteiger partial charge in [-0.3, -0.25) is 14.9 Å². The van der Waals surface area contributed by atoms with Gasteiger partial charge in [0.1, 0.15) is 5.82 Å². The van der Waals surface area contributed by atoms with Crippen molar-refractivity contribution in [1.29, 1.82) is 0 Å². The maximum Gasteiger partial charge on any atom is 0.341 e. The van der Waals surface area contributed by atoms with Gasteiger partial charge < -0.3 is 9.84 Å². The van der Waals surface area contributed by atoms with Crippen LogP contribution >= 0.6 is 31.9 Å². The first kappa shape index (κ1) is 25.0. The molecule has 1 N–H and O–H groups in total. The zero-order valence-corrected chi connectivity index (χ0v) is 21.5. The summed E-state index contributed by atoms with van der Waals surface area (Å²) in [4.78, 5) is 39.9. The Balaban J connectivity index is 1.81. The number of nitro benzene ring substituents is 1. The summed E-state index contributed by atoms with van der Waals surface area (Å²) in [5, 5.41) is 25.2. The Kier molecular flexibility index (Phi) is 7.60. The Morgan fingerprint density at radius 2 is 2.00 bits per heavy atom. The van der Waals surface area contributed by atoms with Crippen molar-refractivity contribution in [2.24, 2.45) is 5.10 Å². The molecule has 1 aliphatic carbocycles. The fourth-order valence-electron chi connectivity index (χ4n) is 4.11. The molecule has 1 aromatic heterocycles. The second kappa shape index (κ2) is 10.6. The number of aromatic nitrogens is 2. The summed E-state index contributed by atoms with van der Waals surface area (Å²) in [5.74, 6) is -0.820. The van der Waals surface area contributed by atoms with Gasteiger partial charge >= 0.3 is 11.7 Å². The lowest BCUT2D eigenvalue weighted by molar-refractivity contribution is -0.385. The number of halogens is 2. The van der Waals surface area contributed by atoms with Gasteiger partial charge in [0.25, 0.3) is 5.56 Å². The Bertz CT molecular complexity index is 1400. The maximum atomic E-state index is 13.4. The van der Waals surface area contributed by atoms with Gasteiger partial charge in [-0.15, -0.1) is 0 Å². The molecule has 35 heavy (non-hydrogen) atoms. The first-order valence-electron chi connectivity index (χ1n) is 10.8. The first-order valence-corrected chi connectivity index (χ1v) is 12.4. The molecule has 0 atom stereocenters. The average molecular weight is 608 g/mol. The predicted octanol–water partition coefficient (Wildman–Crippen LogP) is 5.22. The monoisotopic (exact) mass is 606 g/mol. The van der Waals surface area contributed by atoms with Gasteiger partial charge in [0, 0.05) is 22.0 Å². The van der Waals surface area contributed by atoms with Crippen LogP contribution in [-0.4, -0.2) is 38.5 Å². The molecular formula is C23H20Br2N4O6. The molecule has 4 rings (SSSR count). The second-order valence-electron chi connectivity index (χ2n) is 8.12. The molecular weight excluding hydrogens is 588 g/mol. The van der Waals surface area contributed by atoms with Crippen LogP contribution in [0.4, 0.5) is 5.69 Å². The largest absolute Gasteiger partial charge is 0.479 e. The van der Waals surface area contributed by atoms with Gasteiger partial charge in [-0.05, 0) is 53.0 Å². The molecule has 0 unspecified atom stereocenters. The van der Waals surface area contributed by atoms with Crippen LogP contribution in [0.5, 0.6) is 5.75 Å². The number of rotatable bonds is 7. The van der Waals surface area contributed by atoms with Crippen LogP contribution < -0.4 is 10.3 Å². The molecule has 0 spiro atoms. The van der Waals surface area contributed by atoms with Gasteiger partial charge in [-0.1, -0.05) is 35.2 Å². The highest BCUT2D eigenvalue weighted by Gasteiger charge is 2.23. The van der Waals surface area contributed by atoms with Gasteiger partial charge in [-0.2, -0.15) is 9.78 Å². The highest BCUT2D eigenvalue weighted by molar-refractivity contribution is 9.10. The Labute approximate surface area is 216 Å². The smallest absolute Gasteiger partial charge is 0.341 e. The first-order chi connectivity index (χ1) is 16.7. The fraction of sp³-hybridized carbons (Fsp3) is 0.304. The van der Waals surface area contributed by atoms with Gasteiger partial charge in [-0.25, -0.2) is 9.78 Å². The highest BCUT2D eigenvalue weighted by atomic mass is 79.9. The summed E-state index contributed by atoms with van der Waals surface area (Å²) in [5.41, 5.74) is 0.149. The van der Waals surface area contributed by atoms with E-state index >= 15 is 0 Å². The standard InChI is InChI=1S/C23H20Br2N4O6/c24-15-6-7-18-16(10-15)23(32)28(22(27-18)14-4-2-1-3-5-14)26-11-13-8-17(25)21(35-12-20(30)31)19(9-13)29(33)34/h6-11,14H,1-5,12H2,(H,30,31). The molecule has 3 aromatic rings. The quantitative estimate of drug-likeness (QED) is 0.221. The van der Waals surface area contributed by atoms with Gasteiger partial charge in [0.2, 0.25) is 5.75 Å². The van der Waals surface area contributed by atoms with Crippen LogP contribution in [-0.2, 0) is 4.79 Å². The molecule has 1 saturated carbocycles. The lowest BCUT2D eigenvalue weighted by Crippen LogP contribution is -2.25. The Morgan fingerprint density at radius 3 is 2.69 bits per heavy atom. The SMILES string of the molecule is O=C(O)COc1c(Br)cc(C=Nn2c(C3CCCCC3)nc3ccc(Br)cc3c2=O)cc1[N+](=O)[O-]. The van der Waals surface area contributed by atoms with Crippen LogP contribution in [0.15, 0.2) is 49.2 Å². The number of carbonyl (C=O) groups is 1. The second-order valence-corrected chi connectivity index (χ2v) is 9.89. The number of carboxylic acids is 1. The summed E-state index contributed by atoms with van der Waals surface area (Å²) >= 11 is 6.59. The van der Waals surface area contributed by atoms with Crippen molar-refractivity contribution >= 4 is 60.6 Å². The molecule has 0 radical (unpaired) electrons. The summed E-state index contributed by atoms with van der Waals surface area (Å²) in [6.45, 7) is -0.731. The molecule has 0 bridgehead atoms. The number of benzene rings is 2. The van der Waals surface area contributed by atoms with E-state index in [-0.39, 0.29) is 21.7 Å². The number of nitrogens with zero attached hydrogens (tertiary/aromatic N) is 4. The summed E-state index contributed by atoms with van der Waals surface area (Å²) in [6.07, 6.45) is 6.36. The topological polar surface area (TPSA) is 137 Å². The minimum atomic E-state index is -1.26. The Hall–Kier alpha value is -3.12. The van der Waals surface area contributed by atoms with E-state index in [4.69, 9.17) is 14.8 Å². The van der Waals surface area contributed by atoms with E-state index in [0.29, 0.717) is 22.3 Å². The molecule has 10 nitrogen and oxygen atoms in total. The minimum Gasteiger partial charge on any atom is -0.479 e. The number of hydrogen-bond donors (Lipinski definition) is 1. The van der Waals surface area contributed by atoms with Crippen LogP contribution in [0.1, 0.15) is 49.4 Å². The van der Waals surface area contributed by atoms with E-state index in [9.17, 15) is 19.7 Å². The number of nitro groups is 1. The zero-order valence-electron chi connectivity index (χ0n) is 18.3. The van der Waals surface area contributed by atoms with Crippen molar-refractivity contribution in [2.45, 2.75) is 38.0 Å². The van der Waals surface area contributed by atoms with Crippen LogP contribution in [0.25, 0.3) is 10.9 Å². The molecule has 12 heteroatoms. The third kappa shape index (κ3) is 5.59. The van der Waals surface area contributed by atoms with Crippen LogP contribution in [0.3, 0.4) is 0 Å². The van der Waals surface area contributed by atoms with Crippen LogP contribution in [0.2, 0.25) is 0 Å². The molecule has 0 saturated heterocycles. The molecule has 1 heterocycles. The maximum absolute atomic E-state index is 13.4. The van der Waals surface area contributed by atoms with Crippen LogP contribution in [0, 0.1) is 10.1 Å². The van der Waals surface area contributed by atoms with Crippen molar-refractivity contribution in [2.75, 3.05) is 6.61 Å². The lowest BCUT2D eigenvalue weighted by atomic mass is 9.88. The molecule has 2 aromatic carbocycles. The summed E-state index contributed by atoms with van der Waals surface area (Å²) < 4.78 is 7.29. The van der Waals surface area contributed by atoms with E-state index in [2.05, 4.69) is 37.0 Å². The van der Waals surface area contributed by atoms with E-state index in [1.165, 1.54) is 23.0 Å². The number of carboxylic acid groups (broad SMARTS) is 1. The third-order valence-electron chi connectivity index (χ3n) is 5.71. The van der Waals surface area contributed by atoms with E-state index in [1.54, 1.807) is 12.1 Å². The predicted molar refractivity (Wildman–Crippen MR) is 136 cm³/mol. The number of ether oxygens (including phenoxy) is 1. The van der Waals surface area contributed by atoms with Crippen molar-refractivity contribution in [3.05, 3.63) is 71.1 Å². The van der Waals surface area contributed by atoms with Crippen molar-refractivity contribution in [3.8, 4) is 5.75 Å². The molecule has 182 valence electrons. The summed E-state index contributed by atoms with van der Waals surface area (Å²) in [6, 6.07) is 8.03. The number of aliphatic carboxylic acids is 1. The highest BCUT2D eigenvalue weighted by Crippen LogP contribution is 2.36. The molecule has 1 aliphatic rings. The van der Waals surface area contributed by atoms with Crippen molar-refractivity contribution in [1.82, 2.24) is 9.66 Å². The van der Waals surface area contributed by atoms with Gasteiger partial charge in [0.15, 0.2) is 6.61 Å². The average Bonchev–Trinajstić information content (AvgIpc) is 2.83. The minimum absolute atomic E-state index is 0.0783. The number of fused-ring (bicyclic) bond motifs is 1. The Morgan fingerprint density at radius 1 is 1.26 bits per heavy atom. The van der Waals surface area contributed by atoms with E-state index in [1.807, 2.05) is 6.07 Å². The number of hydrogen-bond acceptors (Lipinski definition) is 7. The fourth-order valence-corrected chi connectivity index (χ4v) is 5.06. The summed E-state index contributed by atoms with van der Waals surface area (Å²) in [7, 11) is 0. The third-order valence-corrected chi connectivity index (χ3v) is 6.79. The van der Waals surface area contributed by atoms with Gasteiger partial charge in [0.05, 0.1) is 26.5 Å². The van der Waals surface area contributed by atoms with E-state index in [0.717, 1.165) is 36.6 Å². The molecule has 0 amide bonds. The lowest BCUT2D eigenvalue weighted by Gasteiger charge is -2.22. The zero-order chi connectivity index (χ0) is 25.1. The molecule has 1 fully saturated rings.